The number of para-hydroxylation sites is 1. The third-order valence-corrected chi connectivity index (χ3v) is 4.74. The van der Waals surface area contributed by atoms with Gasteiger partial charge in [0.1, 0.15) is 11.0 Å². The van der Waals surface area contributed by atoms with Crippen molar-refractivity contribution in [2.24, 2.45) is 0 Å². The molecule has 122 valence electrons. The quantitative estimate of drug-likeness (QED) is 0.872. The van der Waals surface area contributed by atoms with Crippen LogP contribution >= 0.6 is 0 Å². The molecule has 0 saturated carbocycles. The summed E-state index contributed by atoms with van der Waals surface area (Å²) in [6.45, 7) is 1.56. The van der Waals surface area contributed by atoms with Gasteiger partial charge < -0.3 is 10.1 Å². The Morgan fingerprint density at radius 2 is 1.96 bits per heavy atom. The summed E-state index contributed by atoms with van der Waals surface area (Å²) in [5.41, 5.74) is 0.764. The van der Waals surface area contributed by atoms with Crippen molar-refractivity contribution in [1.82, 2.24) is 10.3 Å². The van der Waals surface area contributed by atoms with Gasteiger partial charge in [0.05, 0.1) is 0 Å². The molecule has 0 aliphatic heterocycles. The summed E-state index contributed by atoms with van der Waals surface area (Å²) in [5.74, 6) is 0.529. The van der Waals surface area contributed by atoms with Gasteiger partial charge in [0, 0.05) is 25.1 Å². The van der Waals surface area contributed by atoms with Crippen LogP contribution in [0.1, 0.15) is 12.5 Å². The molecule has 0 aliphatic carbocycles. The fraction of sp³-hybridized carbons (Fsp3) is 0.250. The van der Waals surface area contributed by atoms with Crippen LogP contribution in [0.15, 0.2) is 48.7 Å². The Hall–Kier alpha value is -2.41. The maximum atomic E-state index is 11.8. The zero-order valence-electron chi connectivity index (χ0n) is 12.9. The summed E-state index contributed by atoms with van der Waals surface area (Å²) in [5, 5.41) is 1.52. The van der Waals surface area contributed by atoms with Crippen LogP contribution in [0.25, 0.3) is 0 Å². The molecule has 0 fully saturated rings. The second-order valence-electron chi connectivity index (χ2n) is 5.11. The molecule has 0 radical (unpaired) electrons. The second-order valence-corrected chi connectivity index (χ2v) is 7.47. The fourth-order valence-corrected chi connectivity index (χ4v) is 2.23. The highest BCUT2D eigenvalue weighted by molar-refractivity contribution is 7.92. The maximum absolute atomic E-state index is 11.8. The van der Waals surface area contributed by atoms with E-state index < -0.39 is 21.0 Å². The number of nitrogens with zero attached hydrogens (tertiary/aromatic N) is 1. The molecule has 2 rings (SSSR count). The zero-order chi connectivity index (χ0) is 16.9. The molecule has 0 spiro atoms. The van der Waals surface area contributed by atoms with E-state index in [2.05, 4.69) is 10.3 Å². The Labute approximate surface area is 135 Å². The van der Waals surface area contributed by atoms with Crippen LogP contribution in [0.4, 0.5) is 0 Å². The van der Waals surface area contributed by atoms with Gasteiger partial charge in [0.25, 0.3) is 0 Å². The number of nitrogens with one attached hydrogen (secondary N) is 1. The number of hydrogen-bond donors (Lipinski definition) is 1. The fourth-order valence-electron chi connectivity index (χ4n) is 1.75. The van der Waals surface area contributed by atoms with E-state index in [0.717, 1.165) is 11.8 Å². The minimum atomic E-state index is -3.40. The Kier molecular flexibility index (Phi) is 5.33. The monoisotopic (exact) mass is 334 g/mol. The first-order valence-corrected chi connectivity index (χ1v) is 8.96. The molecule has 7 heteroatoms. The lowest BCUT2D eigenvalue weighted by molar-refractivity contribution is -0.120. The summed E-state index contributed by atoms with van der Waals surface area (Å²) < 4.78 is 28.3. The maximum Gasteiger partial charge on any atom is 0.238 e. The lowest BCUT2D eigenvalue weighted by Gasteiger charge is -2.11. The zero-order valence-corrected chi connectivity index (χ0v) is 13.7. The molecule has 1 heterocycles. The first kappa shape index (κ1) is 17.0. The van der Waals surface area contributed by atoms with E-state index in [0.29, 0.717) is 11.6 Å². The lowest BCUT2D eigenvalue weighted by atomic mass is 10.2. The first-order chi connectivity index (χ1) is 10.9. The van der Waals surface area contributed by atoms with Crippen LogP contribution in [-0.2, 0) is 21.2 Å². The molecule has 2 aromatic rings. The van der Waals surface area contributed by atoms with Gasteiger partial charge in [-0.3, -0.25) is 4.79 Å². The van der Waals surface area contributed by atoms with Gasteiger partial charge in [-0.1, -0.05) is 18.2 Å². The molecule has 1 amide bonds. The Bertz CT molecular complexity index is 776. The summed E-state index contributed by atoms with van der Waals surface area (Å²) in [6.07, 6.45) is 2.61. The Balaban J connectivity index is 1.99. The van der Waals surface area contributed by atoms with E-state index in [-0.39, 0.29) is 6.54 Å². The van der Waals surface area contributed by atoms with Crippen molar-refractivity contribution in [2.75, 3.05) is 6.26 Å². The molecular weight excluding hydrogens is 316 g/mol. The molecule has 1 N–H and O–H groups in total. The predicted octanol–water partition coefficient (Wildman–Crippen LogP) is 1.92. The number of ether oxygens (including phenoxy) is 1. The molecule has 1 aromatic carbocycles. The summed E-state index contributed by atoms with van der Waals surface area (Å²) in [6, 6.07) is 12.6. The van der Waals surface area contributed by atoms with Crippen LogP contribution in [0, 0.1) is 0 Å². The highest BCUT2D eigenvalue weighted by Gasteiger charge is 2.22. The molecule has 6 nitrogen and oxygen atoms in total. The number of carbonyl (C=O) groups is 1. The lowest BCUT2D eigenvalue weighted by Crippen LogP contribution is -2.37. The molecule has 1 atom stereocenters. The Morgan fingerprint density at radius 1 is 1.26 bits per heavy atom. The van der Waals surface area contributed by atoms with Crippen molar-refractivity contribution >= 4 is 15.7 Å². The van der Waals surface area contributed by atoms with Gasteiger partial charge in [0.2, 0.25) is 11.8 Å². The number of hydrogen-bond acceptors (Lipinski definition) is 5. The van der Waals surface area contributed by atoms with E-state index >= 15 is 0 Å². The van der Waals surface area contributed by atoms with E-state index in [9.17, 15) is 13.2 Å². The molecule has 0 bridgehead atoms. The van der Waals surface area contributed by atoms with Crippen LogP contribution in [0.3, 0.4) is 0 Å². The SMILES string of the molecule is CC(C(=O)NCc1ccnc(Oc2ccccc2)c1)S(C)(=O)=O. The summed E-state index contributed by atoms with van der Waals surface area (Å²) in [4.78, 5) is 15.9. The van der Waals surface area contributed by atoms with E-state index in [4.69, 9.17) is 4.74 Å². The normalized spacial score (nSPS) is 12.4. The average Bonchev–Trinajstić information content (AvgIpc) is 2.52. The minimum Gasteiger partial charge on any atom is -0.439 e. The first-order valence-electron chi connectivity index (χ1n) is 7.00. The van der Waals surface area contributed by atoms with Gasteiger partial charge in [-0.25, -0.2) is 13.4 Å². The largest absolute Gasteiger partial charge is 0.439 e. The van der Waals surface area contributed by atoms with Gasteiger partial charge in [0.15, 0.2) is 9.84 Å². The van der Waals surface area contributed by atoms with Crippen molar-refractivity contribution in [1.29, 1.82) is 0 Å². The van der Waals surface area contributed by atoms with Gasteiger partial charge in [-0.2, -0.15) is 0 Å². The van der Waals surface area contributed by atoms with Crippen molar-refractivity contribution in [2.45, 2.75) is 18.7 Å². The van der Waals surface area contributed by atoms with E-state index in [1.165, 1.54) is 6.92 Å². The average molecular weight is 334 g/mol. The highest BCUT2D eigenvalue weighted by atomic mass is 32.2. The number of sulfone groups is 1. The van der Waals surface area contributed by atoms with Crippen LogP contribution < -0.4 is 10.1 Å². The molecule has 1 aromatic heterocycles. The van der Waals surface area contributed by atoms with Crippen LogP contribution in [-0.4, -0.2) is 30.8 Å². The van der Waals surface area contributed by atoms with Crippen molar-refractivity contribution < 1.29 is 17.9 Å². The number of rotatable bonds is 6. The number of aromatic nitrogens is 1. The Morgan fingerprint density at radius 3 is 2.61 bits per heavy atom. The van der Waals surface area contributed by atoms with Gasteiger partial charge in [-0.05, 0) is 30.7 Å². The molecule has 0 aliphatic rings. The highest BCUT2D eigenvalue weighted by Crippen LogP contribution is 2.19. The standard InChI is InChI=1S/C16H18N2O4S/c1-12(23(2,20)21)16(19)18-11-13-8-9-17-15(10-13)22-14-6-4-3-5-7-14/h3-10,12H,11H2,1-2H3,(H,18,19). The van der Waals surface area contributed by atoms with Crippen LogP contribution in [0.5, 0.6) is 11.6 Å². The third kappa shape index (κ3) is 5.07. The van der Waals surface area contributed by atoms with Crippen molar-refractivity contribution in [3.63, 3.8) is 0 Å². The van der Waals surface area contributed by atoms with Crippen LogP contribution in [0.2, 0.25) is 0 Å². The third-order valence-electron chi connectivity index (χ3n) is 3.24. The van der Waals surface area contributed by atoms with E-state index in [1.807, 2.05) is 30.3 Å². The van der Waals surface area contributed by atoms with Gasteiger partial charge >= 0.3 is 0 Å². The smallest absolute Gasteiger partial charge is 0.238 e. The minimum absolute atomic E-state index is 0.201. The number of amides is 1. The number of carbonyl (C=O) groups excluding carboxylic acids is 1. The topological polar surface area (TPSA) is 85.4 Å². The number of benzene rings is 1. The summed E-state index contributed by atoms with van der Waals surface area (Å²) >= 11 is 0. The molecule has 0 saturated heterocycles. The van der Waals surface area contributed by atoms with Crippen molar-refractivity contribution in [3.05, 3.63) is 54.2 Å². The predicted molar refractivity (Wildman–Crippen MR) is 86.9 cm³/mol. The van der Waals surface area contributed by atoms with Gasteiger partial charge in [-0.15, -0.1) is 0 Å². The molecular formula is C16H18N2O4S. The summed E-state index contributed by atoms with van der Waals surface area (Å²) in [7, 11) is -3.40. The van der Waals surface area contributed by atoms with E-state index in [1.54, 1.807) is 18.3 Å². The second kappa shape index (κ2) is 7.23. The molecule has 1 unspecified atom stereocenters. The van der Waals surface area contributed by atoms with Crippen molar-refractivity contribution in [3.8, 4) is 11.6 Å². The molecule has 23 heavy (non-hydrogen) atoms. The number of pyridine rings is 1.